The van der Waals surface area contributed by atoms with Crippen molar-refractivity contribution >= 4 is 5.91 Å². The largest absolute Gasteiger partial charge is 0.329 e. The number of nitrogens with one attached hydrogen (secondary N) is 1. The molecule has 0 radical (unpaired) electrons. The van der Waals surface area contributed by atoms with E-state index in [9.17, 15) is 4.79 Å². The van der Waals surface area contributed by atoms with Gasteiger partial charge in [0.2, 0.25) is 5.91 Å². The van der Waals surface area contributed by atoms with Gasteiger partial charge in [-0.15, -0.1) is 0 Å². The molecule has 0 aromatic heterocycles. The van der Waals surface area contributed by atoms with Gasteiger partial charge in [0.1, 0.15) is 0 Å². The Bertz CT molecular complexity index is 180. The summed E-state index contributed by atoms with van der Waals surface area (Å²) < 4.78 is 0. The summed E-state index contributed by atoms with van der Waals surface area (Å²) in [5.74, 6) is 0.874. The zero-order valence-corrected chi connectivity index (χ0v) is 8.84. The Morgan fingerprint density at radius 1 is 1.62 bits per heavy atom. The minimum atomic E-state index is 0.0755. The first-order valence-electron chi connectivity index (χ1n) is 5.17. The molecule has 3 nitrogen and oxygen atoms in total. The van der Waals surface area contributed by atoms with Crippen LogP contribution in [0.2, 0.25) is 0 Å². The van der Waals surface area contributed by atoms with E-state index in [0.717, 1.165) is 26.1 Å². The van der Waals surface area contributed by atoms with Gasteiger partial charge in [0, 0.05) is 6.54 Å². The molecule has 0 spiro atoms. The lowest BCUT2D eigenvalue weighted by Gasteiger charge is -2.14. The maximum Gasteiger partial charge on any atom is 0.240 e. The quantitative estimate of drug-likeness (QED) is 0.712. The van der Waals surface area contributed by atoms with Crippen molar-refractivity contribution in [2.75, 3.05) is 13.2 Å². The maximum atomic E-state index is 11.7. The van der Waals surface area contributed by atoms with E-state index in [1.54, 1.807) is 0 Å². The molecule has 1 rings (SSSR count). The molecule has 76 valence electrons. The fraction of sp³-hybridized carbons (Fsp3) is 0.900. The molecule has 1 aliphatic rings. The molecule has 1 heterocycles. The van der Waals surface area contributed by atoms with Crippen LogP contribution in [-0.4, -0.2) is 30.1 Å². The van der Waals surface area contributed by atoms with Crippen LogP contribution in [0.3, 0.4) is 0 Å². The third-order valence-electron chi connectivity index (χ3n) is 2.34. The molecular formula is C10H20N2O. The molecular weight excluding hydrogens is 164 g/mol. The van der Waals surface area contributed by atoms with E-state index >= 15 is 0 Å². The Morgan fingerprint density at radius 2 is 2.31 bits per heavy atom. The third-order valence-corrected chi connectivity index (χ3v) is 2.34. The number of carbonyl (C=O) groups excluding carboxylic acids is 1. The topological polar surface area (TPSA) is 32.3 Å². The van der Waals surface area contributed by atoms with Gasteiger partial charge in [0.15, 0.2) is 0 Å². The first-order chi connectivity index (χ1) is 6.15. The van der Waals surface area contributed by atoms with Crippen LogP contribution in [0.1, 0.15) is 33.6 Å². The monoisotopic (exact) mass is 184 g/mol. The number of carbonyl (C=O) groups is 1. The second-order valence-corrected chi connectivity index (χ2v) is 4.15. The summed E-state index contributed by atoms with van der Waals surface area (Å²) >= 11 is 0. The minimum Gasteiger partial charge on any atom is -0.329 e. The van der Waals surface area contributed by atoms with E-state index in [2.05, 4.69) is 26.1 Å². The Hall–Kier alpha value is -0.570. The summed E-state index contributed by atoms with van der Waals surface area (Å²) in [5.41, 5.74) is 0. The van der Waals surface area contributed by atoms with Crippen LogP contribution in [0.25, 0.3) is 0 Å². The summed E-state index contributed by atoms with van der Waals surface area (Å²) in [4.78, 5) is 13.6. The van der Waals surface area contributed by atoms with Crippen molar-refractivity contribution in [3.05, 3.63) is 0 Å². The van der Waals surface area contributed by atoms with Gasteiger partial charge in [-0.3, -0.25) is 10.1 Å². The molecule has 0 saturated carbocycles. The van der Waals surface area contributed by atoms with E-state index in [1.807, 2.05) is 4.90 Å². The van der Waals surface area contributed by atoms with Crippen molar-refractivity contribution in [3.63, 3.8) is 0 Å². The molecule has 1 N–H and O–H groups in total. The van der Waals surface area contributed by atoms with Crippen molar-refractivity contribution in [1.82, 2.24) is 10.2 Å². The number of nitrogens with zero attached hydrogens (tertiary/aromatic N) is 1. The van der Waals surface area contributed by atoms with E-state index in [1.165, 1.54) is 0 Å². The first-order valence-corrected chi connectivity index (χ1v) is 5.17. The van der Waals surface area contributed by atoms with Crippen molar-refractivity contribution < 1.29 is 4.79 Å². The molecule has 0 aromatic carbocycles. The third kappa shape index (κ3) is 2.69. The zero-order valence-electron chi connectivity index (χ0n) is 8.84. The highest BCUT2D eigenvalue weighted by Crippen LogP contribution is 2.12. The Kier molecular flexibility index (Phi) is 3.72. The molecule has 1 aliphatic heterocycles. The minimum absolute atomic E-state index is 0.0755. The number of hydrogen-bond donors (Lipinski definition) is 1. The Labute approximate surface area is 80.5 Å². The highest BCUT2D eigenvalue weighted by molar-refractivity contribution is 5.83. The molecule has 1 fully saturated rings. The molecule has 1 saturated heterocycles. The van der Waals surface area contributed by atoms with Crippen LogP contribution in [-0.2, 0) is 4.79 Å². The van der Waals surface area contributed by atoms with Crippen molar-refractivity contribution in [3.8, 4) is 0 Å². The maximum absolute atomic E-state index is 11.7. The van der Waals surface area contributed by atoms with Crippen molar-refractivity contribution in [1.29, 1.82) is 0 Å². The van der Waals surface area contributed by atoms with Crippen LogP contribution < -0.4 is 5.32 Å². The Balaban J connectivity index is 2.40. The van der Waals surface area contributed by atoms with Gasteiger partial charge in [0.05, 0.1) is 12.7 Å². The zero-order chi connectivity index (χ0) is 9.84. The van der Waals surface area contributed by atoms with Crippen LogP contribution in [0, 0.1) is 5.92 Å². The molecule has 1 amide bonds. The number of amides is 1. The summed E-state index contributed by atoms with van der Waals surface area (Å²) in [6.07, 6.45) is 2.00. The van der Waals surface area contributed by atoms with E-state index in [0.29, 0.717) is 5.92 Å². The molecule has 1 atom stereocenters. The molecule has 13 heavy (non-hydrogen) atoms. The van der Waals surface area contributed by atoms with Gasteiger partial charge >= 0.3 is 0 Å². The average Bonchev–Trinajstić information content (AvgIpc) is 2.36. The van der Waals surface area contributed by atoms with E-state index in [4.69, 9.17) is 0 Å². The van der Waals surface area contributed by atoms with Gasteiger partial charge in [-0.1, -0.05) is 20.8 Å². The summed E-state index contributed by atoms with van der Waals surface area (Å²) in [6, 6.07) is 0.0755. The van der Waals surface area contributed by atoms with Crippen LogP contribution >= 0.6 is 0 Å². The lowest BCUT2D eigenvalue weighted by Crippen LogP contribution is -2.31. The standard InChI is InChI=1S/C10H20N2O/c1-4-5-12-7-11-9(10(12)13)6-8(2)3/h8-9,11H,4-7H2,1-3H3. The fourth-order valence-corrected chi connectivity index (χ4v) is 1.72. The van der Waals surface area contributed by atoms with Crippen LogP contribution in [0.15, 0.2) is 0 Å². The second-order valence-electron chi connectivity index (χ2n) is 4.15. The van der Waals surface area contributed by atoms with Gasteiger partial charge in [-0.2, -0.15) is 0 Å². The van der Waals surface area contributed by atoms with Gasteiger partial charge in [-0.25, -0.2) is 0 Å². The van der Waals surface area contributed by atoms with Gasteiger partial charge < -0.3 is 4.90 Å². The number of rotatable bonds is 4. The predicted octanol–water partition coefficient (Wildman–Crippen LogP) is 1.20. The van der Waals surface area contributed by atoms with Gasteiger partial charge in [0.25, 0.3) is 0 Å². The van der Waals surface area contributed by atoms with Crippen LogP contribution in [0.5, 0.6) is 0 Å². The molecule has 1 unspecified atom stereocenters. The SMILES string of the molecule is CCCN1CNC(CC(C)C)C1=O. The van der Waals surface area contributed by atoms with Gasteiger partial charge in [-0.05, 0) is 18.8 Å². The molecule has 0 aromatic rings. The molecule has 3 heteroatoms. The van der Waals surface area contributed by atoms with E-state index < -0.39 is 0 Å². The van der Waals surface area contributed by atoms with E-state index in [-0.39, 0.29) is 11.9 Å². The molecule has 0 bridgehead atoms. The normalized spacial score (nSPS) is 23.2. The smallest absolute Gasteiger partial charge is 0.240 e. The summed E-state index contributed by atoms with van der Waals surface area (Å²) in [6.45, 7) is 8.03. The van der Waals surface area contributed by atoms with Crippen LogP contribution in [0.4, 0.5) is 0 Å². The summed E-state index contributed by atoms with van der Waals surface area (Å²) in [5, 5.41) is 3.25. The summed E-state index contributed by atoms with van der Waals surface area (Å²) in [7, 11) is 0. The van der Waals surface area contributed by atoms with Crippen molar-refractivity contribution in [2.45, 2.75) is 39.7 Å². The van der Waals surface area contributed by atoms with Crippen molar-refractivity contribution in [2.24, 2.45) is 5.92 Å². The lowest BCUT2D eigenvalue weighted by molar-refractivity contribution is -0.129. The highest BCUT2D eigenvalue weighted by Gasteiger charge is 2.30. The first kappa shape index (κ1) is 10.5. The average molecular weight is 184 g/mol. The highest BCUT2D eigenvalue weighted by atomic mass is 16.2. The number of hydrogen-bond acceptors (Lipinski definition) is 2. The Morgan fingerprint density at radius 3 is 2.85 bits per heavy atom. The fourth-order valence-electron chi connectivity index (χ4n) is 1.72. The molecule has 0 aliphatic carbocycles. The second kappa shape index (κ2) is 4.61. The lowest BCUT2D eigenvalue weighted by atomic mass is 10.0. The predicted molar refractivity (Wildman–Crippen MR) is 53.2 cm³/mol.